The van der Waals surface area contributed by atoms with Crippen LogP contribution in [0.2, 0.25) is 0 Å². The van der Waals surface area contributed by atoms with E-state index >= 15 is 0 Å². The topological polar surface area (TPSA) is 29.1 Å². The smallest absolute Gasteiger partial charge is 0.207 e. The summed E-state index contributed by atoms with van der Waals surface area (Å²) < 4.78 is 0. The van der Waals surface area contributed by atoms with Crippen LogP contribution in [0.4, 0.5) is 0 Å². The number of benzene rings is 2. The van der Waals surface area contributed by atoms with Gasteiger partial charge in [-0.3, -0.25) is 4.79 Å². The van der Waals surface area contributed by atoms with Crippen LogP contribution in [0.5, 0.6) is 0 Å². The maximum Gasteiger partial charge on any atom is 0.207 e. The molecule has 2 nitrogen and oxygen atoms in total. The fourth-order valence-electron chi connectivity index (χ4n) is 2.45. The zero-order valence-corrected chi connectivity index (χ0v) is 9.84. The molecule has 0 spiro atoms. The van der Waals surface area contributed by atoms with Gasteiger partial charge in [-0.1, -0.05) is 60.7 Å². The summed E-state index contributed by atoms with van der Waals surface area (Å²) in [4.78, 5) is 10.9. The number of hydrogen-bond donors (Lipinski definition) is 1. The Kier molecular flexibility index (Phi) is 2.69. The van der Waals surface area contributed by atoms with E-state index in [0.717, 1.165) is 28.7 Å². The van der Waals surface area contributed by atoms with E-state index in [9.17, 15) is 4.79 Å². The lowest BCUT2D eigenvalue weighted by Gasteiger charge is -2.19. The molecule has 1 aliphatic rings. The van der Waals surface area contributed by atoms with Gasteiger partial charge in [0.2, 0.25) is 6.41 Å². The zero-order valence-electron chi connectivity index (χ0n) is 9.84. The van der Waals surface area contributed by atoms with Crippen LogP contribution in [0.1, 0.15) is 28.3 Å². The first-order chi connectivity index (χ1) is 8.90. The molecular weight excluding hydrogens is 222 g/mol. The number of carbonyl (C=O) groups excluding carboxylic acids is 1. The van der Waals surface area contributed by atoms with E-state index < -0.39 is 0 Å². The minimum Gasteiger partial charge on any atom is -0.348 e. The molecule has 0 aliphatic heterocycles. The van der Waals surface area contributed by atoms with Crippen molar-refractivity contribution in [3.8, 4) is 0 Å². The van der Waals surface area contributed by atoms with Gasteiger partial charge in [-0.25, -0.2) is 0 Å². The first-order valence-corrected chi connectivity index (χ1v) is 5.96. The van der Waals surface area contributed by atoms with Crippen LogP contribution in [-0.4, -0.2) is 6.41 Å². The van der Waals surface area contributed by atoms with Crippen LogP contribution in [-0.2, 0) is 4.79 Å². The normalized spacial score (nSPS) is 13.3. The van der Waals surface area contributed by atoms with Crippen LogP contribution >= 0.6 is 0 Å². The molecule has 0 saturated heterocycles. The number of fused-ring (bicyclic) bond motifs is 2. The number of hydrogen-bond acceptors (Lipinski definition) is 1. The van der Waals surface area contributed by atoms with E-state index in [1.807, 2.05) is 24.3 Å². The van der Waals surface area contributed by atoms with Gasteiger partial charge in [-0.15, -0.1) is 0 Å². The molecule has 2 heteroatoms. The van der Waals surface area contributed by atoms with E-state index in [4.69, 9.17) is 0 Å². The van der Waals surface area contributed by atoms with Crippen LogP contribution in [0.3, 0.4) is 0 Å². The summed E-state index contributed by atoms with van der Waals surface area (Å²) in [6.45, 7) is 0. The Labute approximate surface area is 106 Å². The summed E-state index contributed by atoms with van der Waals surface area (Å²) in [6.07, 6.45) is 4.96. The molecule has 0 aromatic heterocycles. The third-order valence-corrected chi connectivity index (χ3v) is 3.29. The Morgan fingerprint density at radius 2 is 1.33 bits per heavy atom. The highest BCUT2D eigenvalue weighted by atomic mass is 16.1. The van der Waals surface area contributed by atoms with Crippen LogP contribution < -0.4 is 5.32 Å². The number of rotatable bonds is 2. The quantitative estimate of drug-likeness (QED) is 0.796. The van der Waals surface area contributed by atoms with Crippen molar-refractivity contribution < 1.29 is 4.79 Å². The monoisotopic (exact) mass is 235 g/mol. The summed E-state index contributed by atoms with van der Waals surface area (Å²) in [5.41, 5.74) is 4.55. The predicted molar refractivity (Wildman–Crippen MR) is 72.9 cm³/mol. The minimum absolute atomic E-state index is 0.0788. The molecule has 0 atom stereocenters. The Balaban J connectivity index is 2.23. The van der Waals surface area contributed by atoms with E-state index in [-0.39, 0.29) is 6.04 Å². The van der Waals surface area contributed by atoms with E-state index in [0.29, 0.717) is 0 Å². The highest BCUT2D eigenvalue weighted by molar-refractivity contribution is 5.76. The van der Waals surface area contributed by atoms with Crippen molar-refractivity contribution in [2.75, 3.05) is 0 Å². The van der Waals surface area contributed by atoms with Gasteiger partial charge in [0.15, 0.2) is 0 Å². The number of nitrogens with one attached hydrogen (secondary N) is 1. The Hall–Kier alpha value is -2.35. The molecule has 0 unspecified atom stereocenters. The second kappa shape index (κ2) is 4.49. The average Bonchev–Trinajstić information content (AvgIpc) is 2.58. The third-order valence-electron chi connectivity index (χ3n) is 3.29. The van der Waals surface area contributed by atoms with Gasteiger partial charge >= 0.3 is 0 Å². The van der Waals surface area contributed by atoms with Gasteiger partial charge in [0.05, 0.1) is 6.04 Å². The maximum atomic E-state index is 10.9. The summed E-state index contributed by atoms with van der Waals surface area (Å²) in [5.74, 6) is 0. The molecule has 0 fully saturated rings. The highest BCUT2D eigenvalue weighted by Crippen LogP contribution is 2.32. The molecule has 0 bridgehead atoms. The molecule has 0 radical (unpaired) electrons. The second-order valence-corrected chi connectivity index (χ2v) is 4.31. The van der Waals surface area contributed by atoms with E-state index in [1.165, 1.54) is 0 Å². The van der Waals surface area contributed by atoms with Crippen LogP contribution in [0.15, 0.2) is 48.5 Å². The summed E-state index contributed by atoms with van der Waals surface area (Å²) in [7, 11) is 0. The predicted octanol–water partition coefficient (Wildman–Crippen LogP) is 3.01. The molecule has 18 heavy (non-hydrogen) atoms. The lowest BCUT2D eigenvalue weighted by Crippen LogP contribution is -2.21. The van der Waals surface area contributed by atoms with Crippen molar-refractivity contribution in [1.82, 2.24) is 5.32 Å². The molecule has 1 amide bonds. The van der Waals surface area contributed by atoms with Gasteiger partial charge in [0.25, 0.3) is 0 Å². The Morgan fingerprint density at radius 1 is 0.833 bits per heavy atom. The van der Waals surface area contributed by atoms with Crippen molar-refractivity contribution >= 4 is 18.6 Å². The standard InChI is InChI=1S/C16H13NO/c18-11-17-16-14-7-3-1-5-12(14)9-10-13-6-2-4-8-15(13)16/h1-11,16H,(H,17,18). The molecule has 0 heterocycles. The average molecular weight is 235 g/mol. The van der Waals surface area contributed by atoms with E-state index in [1.54, 1.807) is 0 Å². The summed E-state index contributed by atoms with van der Waals surface area (Å²) in [5, 5.41) is 2.92. The highest BCUT2D eigenvalue weighted by Gasteiger charge is 2.19. The molecule has 1 aliphatic carbocycles. The fraction of sp³-hybridized carbons (Fsp3) is 0.0625. The first-order valence-electron chi connectivity index (χ1n) is 5.96. The van der Waals surface area contributed by atoms with Crippen LogP contribution in [0.25, 0.3) is 12.2 Å². The van der Waals surface area contributed by atoms with E-state index in [2.05, 4.69) is 41.7 Å². The van der Waals surface area contributed by atoms with Gasteiger partial charge in [-0.2, -0.15) is 0 Å². The van der Waals surface area contributed by atoms with Gasteiger partial charge < -0.3 is 5.32 Å². The Morgan fingerprint density at radius 3 is 1.83 bits per heavy atom. The van der Waals surface area contributed by atoms with Crippen LogP contribution in [0, 0.1) is 0 Å². The zero-order chi connectivity index (χ0) is 12.4. The molecule has 1 N–H and O–H groups in total. The van der Waals surface area contributed by atoms with Crippen molar-refractivity contribution in [3.05, 3.63) is 70.8 Å². The minimum atomic E-state index is -0.0788. The molecular formula is C16H13NO. The first kappa shape index (κ1) is 10.8. The maximum absolute atomic E-state index is 10.9. The molecule has 2 aromatic carbocycles. The lowest BCUT2D eigenvalue weighted by atomic mass is 9.94. The lowest BCUT2D eigenvalue weighted by molar-refractivity contribution is -0.110. The number of carbonyl (C=O) groups is 1. The van der Waals surface area contributed by atoms with Crippen molar-refractivity contribution in [2.45, 2.75) is 6.04 Å². The molecule has 3 rings (SSSR count). The van der Waals surface area contributed by atoms with Crippen molar-refractivity contribution in [2.24, 2.45) is 0 Å². The summed E-state index contributed by atoms with van der Waals surface area (Å²) >= 11 is 0. The largest absolute Gasteiger partial charge is 0.348 e. The van der Waals surface area contributed by atoms with Crippen molar-refractivity contribution in [3.63, 3.8) is 0 Å². The summed E-state index contributed by atoms with van der Waals surface area (Å²) in [6, 6.07) is 16.2. The van der Waals surface area contributed by atoms with Gasteiger partial charge in [0, 0.05) is 0 Å². The van der Waals surface area contributed by atoms with Gasteiger partial charge in [-0.05, 0) is 22.3 Å². The second-order valence-electron chi connectivity index (χ2n) is 4.31. The third kappa shape index (κ3) is 1.72. The molecule has 2 aromatic rings. The SMILES string of the molecule is O=CNC1c2ccccc2C=Cc2ccccc21. The number of amides is 1. The van der Waals surface area contributed by atoms with Crippen molar-refractivity contribution in [1.29, 1.82) is 0 Å². The molecule has 88 valence electrons. The fourth-order valence-corrected chi connectivity index (χ4v) is 2.45. The molecule has 0 saturated carbocycles. The van der Waals surface area contributed by atoms with Gasteiger partial charge in [0.1, 0.15) is 0 Å². The Bertz CT molecular complexity index is 566.